The van der Waals surface area contributed by atoms with Crippen molar-refractivity contribution in [3.05, 3.63) is 29.8 Å². The van der Waals surface area contributed by atoms with Crippen molar-refractivity contribution in [1.29, 1.82) is 0 Å². The van der Waals surface area contributed by atoms with Gasteiger partial charge in [-0.25, -0.2) is 0 Å². The van der Waals surface area contributed by atoms with E-state index in [9.17, 15) is 22.0 Å². The largest absolute Gasteiger partial charge is 0.494 e. The van der Waals surface area contributed by atoms with Crippen LogP contribution in [0.3, 0.4) is 0 Å². The number of ether oxygens (including phenoxy) is 1. The smallest absolute Gasteiger partial charge is 0.455 e. The summed E-state index contributed by atoms with van der Waals surface area (Å²) in [6.45, 7) is 2.08. The highest BCUT2D eigenvalue weighted by Gasteiger charge is 2.61. The van der Waals surface area contributed by atoms with E-state index in [2.05, 4.69) is 0 Å². The number of hydrogen-bond acceptors (Lipinski definition) is 2. The lowest BCUT2D eigenvalue weighted by molar-refractivity contribution is -0.291. The summed E-state index contributed by atoms with van der Waals surface area (Å²) >= 11 is 0. The van der Waals surface area contributed by atoms with Gasteiger partial charge in [-0.3, -0.25) is 0 Å². The van der Waals surface area contributed by atoms with Gasteiger partial charge in [-0.2, -0.15) is 22.0 Å². The van der Waals surface area contributed by atoms with Crippen molar-refractivity contribution in [2.45, 2.75) is 25.1 Å². The van der Waals surface area contributed by atoms with Gasteiger partial charge in [0.2, 0.25) is 0 Å². The fourth-order valence-corrected chi connectivity index (χ4v) is 1.32. The molecule has 0 aliphatic rings. The monoisotopic (exact) mass is 269 g/mol. The lowest BCUT2D eigenvalue weighted by Crippen LogP contribution is -2.45. The van der Waals surface area contributed by atoms with Gasteiger partial charge in [0.25, 0.3) is 0 Å². The highest BCUT2D eigenvalue weighted by atomic mass is 19.4. The van der Waals surface area contributed by atoms with Crippen LogP contribution in [0, 0.1) is 0 Å². The Morgan fingerprint density at radius 2 is 1.61 bits per heavy atom. The van der Waals surface area contributed by atoms with Crippen LogP contribution in [0.15, 0.2) is 24.3 Å². The third kappa shape index (κ3) is 2.90. The summed E-state index contributed by atoms with van der Waals surface area (Å²) in [6, 6.07) is 2.34. The molecule has 0 radical (unpaired) electrons. The van der Waals surface area contributed by atoms with E-state index in [1.807, 2.05) is 0 Å². The Kier molecular flexibility index (Phi) is 4.16. The number of benzene rings is 1. The zero-order chi connectivity index (χ0) is 14.0. The van der Waals surface area contributed by atoms with Gasteiger partial charge in [0, 0.05) is 0 Å². The van der Waals surface area contributed by atoms with Gasteiger partial charge in [-0.05, 0) is 24.6 Å². The van der Waals surface area contributed by atoms with Crippen LogP contribution in [0.1, 0.15) is 18.5 Å². The van der Waals surface area contributed by atoms with Crippen molar-refractivity contribution in [2.24, 2.45) is 5.73 Å². The zero-order valence-electron chi connectivity index (χ0n) is 9.47. The topological polar surface area (TPSA) is 35.2 Å². The van der Waals surface area contributed by atoms with E-state index in [1.165, 1.54) is 12.1 Å². The first kappa shape index (κ1) is 14.7. The van der Waals surface area contributed by atoms with Gasteiger partial charge in [0.05, 0.1) is 6.61 Å². The van der Waals surface area contributed by atoms with Crippen molar-refractivity contribution in [3.8, 4) is 5.75 Å². The standard InChI is InChI=1S/C11H12F5NO/c1-2-18-8-5-3-7(4-6-8)9(17)10(12,13)11(14,15)16/h3-6,9H,2,17H2,1H3. The molecule has 1 rings (SSSR count). The Hall–Kier alpha value is -1.37. The van der Waals surface area contributed by atoms with E-state index in [-0.39, 0.29) is 5.56 Å². The Balaban J connectivity index is 2.94. The zero-order valence-corrected chi connectivity index (χ0v) is 9.47. The molecule has 18 heavy (non-hydrogen) atoms. The van der Waals surface area contributed by atoms with Crippen LogP contribution in [0.2, 0.25) is 0 Å². The number of nitrogens with two attached hydrogens (primary N) is 1. The summed E-state index contributed by atoms with van der Waals surface area (Å²) in [6.07, 6.45) is -5.68. The third-order valence-corrected chi connectivity index (χ3v) is 2.32. The van der Waals surface area contributed by atoms with Crippen molar-refractivity contribution in [1.82, 2.24) is 0 Å². The molecule has 0 bridgehead atoms. The second kappa shape index (κ2) is 5.09. The molecule has 0 aliphatic carbocycles. The van der Waals surface area contributed by atoms with Crippen LogP contribution < -0.4 is 10.5 Å². The number of halogens is 5. The first-order chi connectivity index (χ1) is 8.20. The molecule has 1 atom stereocenters. The molecule has 1 aromatic carbocycles. The summed E-state index contributed by atoms with van der Waals surface area (Å²) in [5.74, 6) is -4.59. The van der Waals surface area contributed by atoms with E-state index in [4.69, 9.17) is 10.5 Å². The summed E-state index contributed by atoms with van der Waals surface area (Å²) < 4.78 is 67.3. The van der Waals surface area contributed by atoms with Crippen LogP contribution in [-0.4, -0.2) is 18.7 Å². The van der Waals surface area contributed by atoms with Gasteiger partial charge in [0.1, 0.15) is 11.8 Å². The van der Waals surface area contributed by atoms with E-state index >= 15 is 0 Å². The molecule has 0 aliphatic heterocycles. The molecule has 1 aromatic rings. The predicted molar refractivity (Wildman–Crippen MR) is 55.5 cm³/mol. The summed E-state index contributed by atoms with van der Waals surface area (Å²) in [5.41, 5.74) is 4.67. The maximum Gasteiger partial charge on any atom is 0.455 e. The lowest BCUT2D eigenvalue weighted by atomic mass is 10.0. The lowest BCUT2D eigenvalue weighted by Gasteiger charge is -2.26. The number of alkyl halides is 5. The molecule has 102 valence electrons. The molecule has 0 amide bonds. The second-order valence-corrected chi connectivity index (χ2v) is 3.60. The molecule has 0 saturated heterocycles. The van der Waals surface area contributed by atoms with Crippen LogP contribution in [0.4, 0.5) is 22.0 Å². The first-order valence-corrected chi connectivity index (χ1v) is 5.13. The first-order valence-electron chi connectivity index (χ1n) is 5.13. The molecule has 2 N–H and O–H groups in total. The third-order valence-electron chi connectivity index (χ3n) is 2.32. The minimum absolute atomic E-state index is 0.305. The number of rotatable bonds is 4. The van der Waals surface area contributed by atoms with Gasteiger partial charge in [-0.15, -0.1) is 0 Å². The molecule has 1 unspecified atom stereocenters. The predicted octanol–water partition coefficient (Wildman–Crippen LogP) is 3.28. The van der Waals surface area contributed by atoms with Crippen LogP contribution in [-0.2, 0) is 0 Å². The van der Waals surface area contributed by atoms with Crippen LogP contribution in [0.25, 0.3) is 0 Å². The highest BCUT2D eigenvalue weighted by molar-refractivity contribution is 5.30. The van der Waals surface area contributed by atoms with Gasteiger partial charge < -0.3 is 10.5 Å². The Morgan fingerprint density at radius 1 is 1.11 bits per heavy atom. The Morgan fingerprint density at radius 3 is 2.00 bits per heavy atom. The molecular weight excluding hydrogens is 257 g/mol. The molecule has 2 nitrogen and oxygen atoms in total. The molecule has 0 aromatic heterocycles. The summed E-state index contributed by atoms with van der Waals surface area (Å²) in [5, 5.41) is 0. The average molecular weight is 269 g/mol. The van der Waals surface area contributed by atoms with E-state index in [0.29, 0.717) is 12.4 Å². The SMILES string of the molecule is CCOc1ccc(C(N)C(F)(F)C(F)(F)F)cc1. The fraction of sp³-hybridized carbons (Fsp3) is 0.455. The van der Waals surface area contributed by atoms with Crippen LogP contribution >= 0.6 is 0 Å². The quantitative estimate of drug-likeness (QED) is 0.851. The highest BCUT2D eigenvalue weighted by Crippen LogP contribution is 2.43. The van der Waals surface area contributed by atoms with E-state index in [0.717, 1.165) is 12.1 Å². The minimum Gasteiger partial charge on any atom is -0.494 e. The second-order valence-electron chi connectivity index (χ2n) is 3.60. The Labute approximate surface area is 101 Å². The van der Waals surface area contributed by atoms with Crippen molar-refractivity contribution in [3.63, 3.8) is 0 Å². The van der Waals surface area contributed by atoms with E-state index < -0.39 is 18.1 Å². The maximum absolute atomic E-state index is 13.0. The molecule has 7 heteroatoms. The Bertz CT molecular complexity index is 387. The fourth-order valence-electron chi connectivity index (χ4n) is 1.32. The molecular formula is C11H12F5NO. The minimum atomic E-state index is -5.68. The van der Waals surface area contributed by atoms with Crippen molar-refractivity contribution in [2.75, 3.05) is 6.61 Å². The summed E-state index contributed by atoms with van der Waals surface area (Å²) in [4.78, 5) is 0. The molecule has 0 heterocycles. The van der Waals surface area contributed by atoms with Crippen molar-refractivity contribution < 1.29 is 26.7 Å². The molecule has 0 saturated carbocycles. The van der Waals surface area contributed by atoms with Gasteiger partial charge in [0.15, 0.2) is 0 Å². The van der Waals surface area contributed by atoms with Gasteiger partial charge >= 0.3 is 12.1 Å². The molecule has 0 fully saturated rings. The van der Waals surface area contributed by atoms with E-state index in [1.54, 1.807) is 6.92 Å². The van der Waals surface area contributed by atoms with Crippen molar-refractivity contribution >= 4 is 0 Å². The normalized spacial score (nSPS) is 14.4. The number of hydrogen-bond donors (Lipinski definition) is 1. The average Bonchev–Trinajstić information content (AvgIpc) is 2.28. The maximum atomic E-state index is 13.0. The molecule has 0 spiro atoms. The summed E-state index contributed by atoms with van der Waals surface area (Å²) in [7, 11) is 0. The van der Waals surface area contributed by atoms with Gasteiger partial charge in [-0.1, -0.05) is 12.1 Å². The van der Waals surface area contributed by atoms with Crippen LogP contribution in [0.5, 0.6) is 5.75 Å².